The van der Waals surface area contributed by atoms with Gasteiger partial charge < -0.3 is 10.1 Å². The molecule has 0 aliphatic rings. The van der Waals surface area contributed by atoms with Crippen LogP contribution in [0.1, 0.15) is 36.7 Å². The topological polar surface area (TPSA) is 38.3 Å². The van der Waals surface area contributed by atoms with Crippen molar-refractivity contribution in [3.63, 3.8) is 0 Å². The van der Waals surface area contributed by atoms with E-state index in [-0.39, 0.29) is 11.8 Å². The summed E-state index contributed by atoms with van der Waals surface area (Å²) in [5.74, 6) is 0.684. The van der Waals surface area contributed by atoms with Crippen LogP contribution >= 0.6 is 11.6 Å². The Bertz CT molecular complexity index is 432. The number of aryl methyl sites for hydroxylation is 1. The second kappa shape index (κ2) is 6.76. The number of carbonyl (C=O) groups excluding carboxylic acids is 1. The minimum absolute atomic E-state index is 0.0549. The first-order valence-corrected chi connectivity index (χ1v) is 6.59. The van der Waals surface area contributed by atoms with Crippen LogP contribution in [0.25, 0.3) is 0 Å². The van der Waals surface area contributed by atoms with Crippen LogP contribution in [-0.2, 0) is 0 Å². The van der Waals surface area contributed by atoms with Crippen LogP contribution in [0.15, 0.2) is 12.1 Å². The molecule has 1 N–H and O–H groups in total. The molecule has 1 atom stereocenters. The van der Waals surface area contributed by atoms with Crippen molar-refractivity contribution in [3.8, 4) is 5.75 Å². The number of likely N-dealkylation sites (N-methyl/N-ethyl adjacent to an activating group) is 1. The summed E-state index contributed by atoms with van der Waals surface area (Å²) in [5.41, 5.74) is 1.54. The highest BCUT2D eigenvalue weighted by molar-refractivity contribution is 6.32. The molecule has 1 rings (SSSR count). The van der Waals surface area contributed by atoms with Gasteiger partial charge in [-0.1, -0.05) is 18.5 Å². The molecule has 0 saturated carbocycles. The zero-order chi connectivity index (χ0) is 13.7. The van der Waals surface area contributed by atoms with E-state index in [9.17, 15) is 4.79 Å². The lowest BCUT2D eigenvalue weighted by Gasteiger charge is -2.15. The Hall–Kier alpha value is -1.06. The average Bonchev–Trinajstić information content (AvgIpc) is 2.33. The van der Waals surface area contributed by atoms with Crippen LogP contribution in [0.3, 0.4) is 0 Å². The summed E-state index contributed by atoms with van der Waals surface area (Å²) < 4.78 is 5.40. The van der Waals surface area contributed by atoms with Crippen molar-refractivity contribution >= 4 is 17.4 Å². The largest absolute Gasteiger partial charge is 0.492 e. The number of ketones is 1. The molecular formula is C14H20ClNO2. The molecule has 1 aromatic rings. The van der Waals surface area contributed by atoms with Gasteiger partial charge in [0.2, 0.25) is 0 Å². The zero-order valence-electron chi connectivity index (χ0n) is 11.3. The number of rotatable bonds is 6. The van der Waals surface area contributed by atoms with Crippen LogP contribution in [0.2, 0.25) is 5.02 Å². The summed E-state index contributed by atoms with van der Waals surface area (Å²) >= 11 is 6.11. The molecule has 0 fully saturated rings. The summed E-state index contributed by atoms with van der Waals surface area (Å²) in [6.45, 7) is 8.94. The Morgan fingerprint density at radius 1 is 1.44 bits per heavy atom. The fourth-order valence-electron chi connectivity index (χ4n) is 1.82. The van der Waals surface area contributed by atoms with Crippen LogP contribution in [0.5, 0.6) is 5.75 Å². The quantitative estimate of drug-likeness (QED) is 0.806. The minimum Gasteiger partial charge on any atom is -0.492 e. The van der Waals surface area contributed by atoms with E-state index in [0.29, 0.717) is 22.9 Å². The average molecular weight is 270 g/mol. The van der Waals surface area contributed by atoms with E-state index in [1.165, 1.54) is 0 Å². The van der Waals surface area contributed by atoms with Gasteiger partial charge >= 0.3 is 0 Å². The molecule has 0 aromatic heterocycles. The molecular weight excluding hydrogens is 250 g/mol. The number of hydrogen-bond acceptors (Lipinski definition) is 3. The molecule has 0 radical (unpaired) electrons. The lowest BCUT2D eigenvalue weighted by molar-refractivity contribution is 0.0951. The van der Waals surface area contributed by atoms with Gasteiger partial charge in [-0.2, -0.15) is 0 Å². The number of benzene rings is 1. The van der Waals surface area contributed by atoms with Gasteiger partial charge in [-0.25, -0.2) is 0 Å². The SMILES string of the molecule is CCNC(C)C(=O)c1cc(Cl)c(OCC)cc1C. The molecule has 1 unspecified atom stereocenters. The molecule has 0 saturated heterocycles. The molecule has 0 heterocycles. The van der Waals surface area contributed by atoms with Gasteiger partial charge in [-0.3, -0.25) is 4.79 Å². The first-order valence-electron chi connectivity index (χ1n) is 6.21. The maximum Gasteiger partial charge on any atom is 0.179 e. The van der Waals surface area contributed by atoms with Gasteiger partial charge in [0.1, 0.15) is 5.75 Å². The van der Waals surface area contributed by atoms with Gasteiger partial charge in [-0.15, -0.1) is 0 Å². The van der Waals surface area contributed by atoms with Gasteiger partial charge in [0.05, 0.1) is 17.7 Å². The summed E-state index contributed by atoms with van der Waals surface area (Å²) in [6.07, 6.45) is 0. The van der Waals surface area contributed by atoms with E-state index >= 15 is 0 Å². The van der Waals surface area contributed by atoms with E-state index in [4.69, 9.17) is 16.3 Å². The standard InChI is InChI=1S/C14H20ClNO2/c1-5-16-10(4)14(17)11-8-12(15)13(18-6-2)7-9(11)3/h7-8,10,16H,5-6H2,1-4H3. The van der Waals surface area contributed by atoms with Crippen molar-refractivity contribution in [1.82, 2.24) is 5.32 Å². The van der Waals surface area contributed by atoms with Crippen molar-refractivity contribution in [2.45, 2.75) is 33.7 Å². The van der Waals surface area contributed by atoms with Crippen molar-refractivity contribution in [3.05, 3.63) is 28.3 Å². The van der Waals surface area contributed by atoms with Crippen LogP contribution in [-0.4, -0.2) is 25.0 Å². The van der Waals surface area contributed by atoms with E-state index in [1.54, 1.807) is 6.07 Å². The Morgan fingerprint density at radius 2 is 2.11 bits per heavy atom. The Balaban J connectivity index is 3.03. The third-order valence-corrected chi connectivity index (χ3v) is 3.04. The van der Waals surface area contributed by atoms with E-state index in [1.807, 2.05) is 33.8 Å². The number of Topliss-reactive ketones (excluding diaryl/α,β-unsaturated/α-hetero) is 1. The normalized spacial score (nSPS) is 12.3. The third kappa shape index (κ3) is 3.47. The molecule has 1 aromatic carbocycles. The van der Waals surface area contributed by atoms with E-state index < -0.39 is 0 Å². The van der Waals surface area contributed by atoms with Gasteiger partial charge in [0, 0.05) is 5.56 Å². The molecule has 0 amide bonds. The number of ether oxygens (including phenoxy) is 1. The first kappa shape index (κ1) is 15.0. The summed E-state index contributed by atoms with van der Waals surface area (Å²) in [7, 11) is 0. The smallest absolute Gasteiger partial charge is 0.179 e. The zero-order valence-corrected chi connectivity index (χ0v) is 12.1. The number of hydrogen-bond donors (Lipinski definition) is 1. The number of nitrogens with one attached hydrogen (secondary N) is 1. The summed E-state index contributed by atoms with van der Waals surface area (Å²) in [4.78, 5) is 12.2. The van der Waals surface area contributed by atoms with E-state index in [2.05, 4.69) is 5.32 Å². The van der Waals surface area contributed by atoms with Gasteiger partial charge in [0.25, 0.3) is 0 Å². The maximum absolute atomic E-state index is 12.2. The van der Waals surface area contributed by atoms with Crippen molar-refractivity contribution in [2.24, 2.45) is 0 Å². The molecule has 0 aliphatic carbocycles. The predicted octanol–water partition coefficient (Wildman–Crippen LogP) is 3.23. The lowest BCUT2D eigenvalue weighted by Crippen LogP contribution is -2.34. The van der Waals surface area contributed by atoms with Crippen molar-refractivity contribution < 1.29 is 9.53 Å². The van der Waals surface area contributed by atoms with Crippen molar-refractivity contribution in [2.75, 3.05) is 13.2 Å². The second-order valence-electron chi connectivity index (χ2n) is 4.17. The summed E-state index contributed by atoms with van der Waals surface area (Å²) in [5, 5.41) is 3.59. The molecule has 0 bridgehead atoms. The van der Waals surface area contributed by atoms with Gasteiger partial charge in [-0.05, 0) is 45.0 Å². The molecule has 18 heavy (non-hydrogen) atoms. The Labute approximate surface area is 113 Å². The van der Waals surface area contributed by atoms with Crippen LogP contribution in [0.4, 0.5) is 0 Å². The Kier molecular flexibility index (Phi) is 5.63. The van der Waals surface area contributed by atoms with Crippen LogP contribution in [0, 0.1) is 6.92 Å². The maximum atomic E-state index is 12.2. The van der Waals surface area contributed by atoms with Crippen molar-refractivity contribution in [1.29, 1.82) is 0 Å². The summed E-state index contributed by atoms with van der Waals surface area (Å²) in [6, 6.07) is 3.30. The molecule has 100 valence electrons. The van der Waals surface area contributed by atoms with Gasteiger partial charge in [0.15, 0.2) is 5.78 Å². The molecule has 4 heteroatoms. The fraction of sp³-hybridized carbons (Fsp3) is 0.500. The second-order valence-corrected chi connectivity index (χ2v) is 4.58. The highest BCUT2D eigenvalue weighted by Crippen LogP contribution is 2.28. The minimum atomic E-state index is -0.206. The fourth-order valence-corrected chi connectivity index (χ4v) is 2.04. The van der Waals surface area contributed by atoms with Crippen LogP contribution < -0.4 is 10.1 Å². The first-order chi connectivity index (χ1) is 8.51. The Morgan fingerprint density at radius 3 is 2.67 bits per heavy atom. The highest BCUT2D eigenvalue weighted by Gasteiger charge is 2.18. The monoisotopic (exact) mass is 269 g/mol. The number of halogens is 1. The molecule has 0 spiro atoms. The highest BCUT2D eigenvalue weighted by atomic mass is 35.5. The lowest BCUT2D eigenvalue weighted by atomic mass is 10.00. The third-order valence-electron chi connectivity index (χ3n) is 2.75. The van der Waals surface area contributed by atoms with E-state index in [0.717, 1.165) is 12.1 Å². The number of carbonyl (C=O) groups is 1. The molecule has 0 aliphatic heterocycles. The predicted molar refractivity (Wildman–Crippen MR) is 74.8 cm³/mol. The molecule has 3 nitrogen and oxygen atoms in total.